The maximum Gasteiger partial charge on any atom is 0.336 e. The summed E-state index contributed by atoms with van der Waals surface area (Å²) in [6, 6.07) is 4.00. The third-order valence-electron chi connectivity index (χ3n) is 2.46. The first kappa shape index (κ1) is 15.7. The molecule has 0 spiro atoms. The van der Waals surface area contributed by atoms with Gasteiger partial charge in [-0.15, -0.1) is 0 Å². The Morgan fingerprint density at radius 1 is 1.47 bits per heavy atom. The second kappa shape index (κ2) is 6.18. The van der Waals surface area contributed by atoms with Crippen LogP contribution in [0.15, 0.2) is 34.7 Å². The van der Waals surface area contributed by atoms with Gasteiger partial charge in [-0.05, 0) is 24.1 Å². The fourth-order valence-corrected chi connectivity index (χ4v) is 2.68. The van der Waals surface area contributed by atoms with E-state index in [0.29, 0.717) is 12.0 Å². The van der Waals surface area contributed by atoms with Crippen molar-refractivity contribution in [3.63, 3.8) is 0 Å². The first-order valence-corrected chi connectivity index (χ1v) is 7.33. The van der Waals surface area contributed by atoms with Crippen molar-refractivity contribution in [2.24, 2.45) is 0 Å². The maximum absolute atomic E-state index is 11.9. The first-order chi connectivity index (χ1) is 8.77. The highest BCUT2D eigenvalue weighted by atomic mass is 35.5. The lowest BCUT2D eigenvalue weighted by Gasteiger charge is -2.09. The lowest BCUT2D eigenvalue weighted by atomic mass is 10.1. The van der Waals surface area contributed by atoms with Crippen molar-refractivity contribution in [1.29, 1.82) is 0 Å². The van der Waals surface area contributed by atoms with Crippen molar-refractivity contribution in [3.8, 4) is 0 Å². The standard InChI is InChI=1S/C12H14ClNO4S/c1-3-9-4-5-10(6-11(9)12(15)16)19(17,18)14-7-8(2)13/h4-6,14H,2-3,7H2,1H3,(H,15,16). The van der Waals surface area contributed by atoms with Gasteiger partial charge >= 0.3 is 5.97 Å². The molecule has 7 heteroatoms. The van der Waals surface area contributed by atoms with Crippen molar-refractivity contribution < 1.29 is 18.3 Å². The molecule has 0 amide bonds. The summed E-state index contributed by atoms with van der Waals surface area (Å²) in [7, 11) is -3.79. The van der Waals surface area contributed by atoms with Gasteiger partial charge in [0.25, 0.3) is 0 Å². The molecule has 0 heterocycles. The predicted molar refractivity (Wildman–Crippen MR) is 73.0 cm³/mol. The Bertz CT molecular complexity index is 610. The monoisotopic (exact) mass is 303 g/mol. The Balaban J connectivity index is 3.18. The fraction of sp³-hybridized carbons (Fsp3) is 0.250. The second-order valence-corrected chi connectivity index (χ2v) is 6.12. The molecule has 1 aromatic carbocycles. The number of nitrogens with one attached hydrogen (secondary N) is 1. The number of carbonyl (C=O) groups is 1. The highest BCUT2D eigenvalue weighted by Gasteiger charge is 2.18. The van der Waals surface area contributed by atoms with Crippen LogP contribution in [0.25, 0.3) is 0 Å². The summed E-state index contributed by atoms with van der Waals surface area (Å²) < 4.78 is 26.0. The number of aryl methyl sites for hydroxylation is 1. The molecule has 1 aromatic rings. The van der Waals surface area contributed by atoms with Gasteiger partial charge in [0.05, 0.1) is 10.5 Å². The van der Waals surface area contributed by atoms with E-state index >= 15 is 0 Å². The number of sulfonamides is 1. The number of hydrogen-bond donors (Lipinski definition) is 2. The minimum absolute atomic E-state index is 0.0184. The molecule has 0 saturated carbocycles. The molecule has 0 fully saturated rings. The quantitative estimate of drug-likeness (QED) is 0.841. The Morgan fingerprint density at radius 3 is 2.58 bits per heavy atom. The highest BCUT2D eigenvalue weighted by molar-refractivity contribution is 7.89. The number of halogens is 1. The van der Waals surface area contributed by atoms with Crippen LogP contribution in [0.5, 0.6) is 0 Å². The fourth-order valence-electron chi connectivity index (χ4n) is 1.49. The molecule has 19 heavy (non-hydrogen) atoms. The smallest absolute Gasteiger partial charge is 0.336 e. The molecule has 0 unspecified atom stereocenters. The molecule has 2 N–H and O–H groups in total. The minimum Gasteiger partial charge on any atom is -0.478 e. The summed E-state index contributed by atoms with van der Waals surface area (Å²) >= 11 is 5.49. The van der Waals surface area contributed by atoms with E-state index in [9.17, 15) is 13.2 Å². The topological polar surface area (TPSA) is 83.5 Å². The van der Waals surface area contributed by atoms with Crippen LogP contribution >= 0.6 is 11.6 Å². The van der Waals surface area contributed by atoms with Gasteiger partial charge in [0.2, 0.25) is 10.0 Å². The molecule has 0 aliphatic carbocycles. The van der Waals surface area contributed by atoms with Gasteiger partial charge < -0.3 is 5.11 Å². The van der Waals surface area contributed by atoms with E-state index < -0.39 is 16.0 Å². The van der Waals surface area contributed by atoms with E-state index in [0.717, 1.165) is 6.07 Å². The minimum atomic E-state index is -3.79. The number of hydrogen-bond acceptors (Lipinski definition) is 3. The summed E-state index contributed by atoms with van der Waals surface area (Å²) in [6.45, 7) is 5.06. The van der Waals surface area contributed by atoms with E-state index in [1.54, 1.807) is 6.92 Å². The van der Waals surface area contributed by atoms with Gasteiger partial charge in [-0.2, -0.15) is 0 Å². The maximum atomic E-state index is 11.9. The molecule has 0 saturated heterocycles. The molecular weight excluding hydrogens is 290 g/mol. The van der Waals surface area contributed by atoms with E-state index in [-0.39, 0.29) is 22.0 Å². The van der Waals surface area contributed by atoms with Gasteiger partial charge in [-0.1, -0.05) is 31.2 Å². The number of rotatable bonds is 6. The van der Waals surface area contributed by atoms with Crippen LogP contribution in [0.3, 0.4) is 0 Å². The summed E-state index contributed by atoms with van der Waals surface area (Å²) in [4.78, 5) is 11.0. The van der Waals surface area contributed by atoms with Gasteiger partial charge in [-0.25, -0.2) is 17.9 Å². The predicted octanol–water partition coefficient (Wildman–Crippen LogP) is 1.98. The largest absolute Gasteiger partial charge is 0.478 e. The molecule has 0 aliphatic heterocycles. The average molecular weight is 304 g/mol. The zero-order valence-corrected chi connectivity index (χ0v) is 11.9. The number of carboxylic acid groups (broad SMARTS) is 1. The third kappa shape index (κ3) is 4.05. The molecule has 0 atom stereocenters. The summed E-state index contributed by atoms with van der Waals surface area (Å²) in [5.41, 5.74) is 0.559. The zero-order valence-electron chi connectivity index (χ0n) is 10.3. The number of carboxylic acids is 1. The molecule has 0 aliphatic rings. The van der Waals surface area contributed by atoms with Crippen LogP contribution < -0.4 is 4.72 Å². The van der Waals surface area contributed by atoms with Gasteiger partial charge in [0.15, 0.2) is 0 Å². The van der Waals surface area contributed by atoms with Crippen molar-refractivity contribution >= 4 is 27.6 Å². The second-order valence-electron chi connectivity index (χ2n) is 3.82. The van der Waals surface area contributed by atoms with E-state index in [2.05, 4.69) is 11.3 Å². The third-order valence-corrected chi connectivity index (χ3v) is 3.99. The van der Waals surface area contributed by atoms with Crippen LogP contribution in [0, 0.1) is 0 Å². The number of aromatic carboxylic acids is 1. The normalized spacial score (nSPS) is 11.3. The zero-order chi connectivity index (χ0) is 14.6. The van der Waals surface area contributed by atoms with E-state index in [1.165, 1.54) is 12.1 Å². The molecular formula is C12H14ClNO4S. The molecule has 0 aromatic heterocycles. The van der Waals surface area contributed by atoms with Crippen molar-refractivity contribution in [1.82, 2.24) is 4.72 Å². The molecule has 104 valence electrons. The van der Waals surface area contributed by atoms with Crippen LogP contribution in [-0.4, -0.2) is 26.0 Å². The highest BCUT2D eigenvalue weighted by Crippen LogP contribution is 2.17. The van der Waals surface area contributed by atoms with Crippen LogP contribution in [0.1, 0.15) is 22.8 Å². The molecule has 1 rings (SSSR count). The molecule has 5 nitrogen and oxygen atoms in total. The molecule has 0 bridgehead atoms. The Kier molecular flexibility index (Phi) is 5.11. The molecule has 0 radical (unpaired) electrons. The van der Waals surface area contributed by atoms with Gasteiger partial charge in [0, 0.05) is 11.6 Å². The van der Waals surface area contributed by atoms with Crippen LogP contribution in [-0.2, 0) is 16.4 Å². The summed E-state index contributed by atoms with van der Waals surface area (Å²) in [6.07, 6.45) is 0.508. The van der Waals surface area contributed by atoms with Crippen molar-refractivity contribution in [3.05, 3.63) is 40.9 Å². The SMILES string of the molecule is C=C(Cl)CNS(=O)(=O)c1ccc(CC)c(C(=O)O)c1. The van der Waals surface area contributed by atoms with Crippen molar-refractivity contribution in [2.75, 3.05) is 6.54 Å². The lowest BCUT2D eigenvalue weighted by Crippen LogP contribution is -2.25. The van der Waals surface area contributed by atoms with Gasteiger partial charge in [-0.3, -0.25) is 0 Å². The Hall–Kier alpha value is -1.37. The number of benzene rings is 1. The summed E-state index contributed by atoms with van der Waals surface area (Å²) in [5.74, 6) is -1.16. The van der Waals surface area contributed by atoms with Gasteiger partial charge in [0.1, 0.15) is 0 Å². The van der Waals surface area contributed by atoms with Crippen LogP contribution in [0.4, 0.5) is 0 Å². The van der Waals surface area contributed by atoms with E-state index in [1.807, 2.05) is 0 Å². The Labute approximate surface area is 117 Å². The Morgan fingerprint density at radius 2 is 2.11 bits per heavy atom. The first-order valence-electron chi connectivity index (χ1n) is 5.47. The van der Waals surface area contributed by atoms with E-state index in [4.69, 9.17) is 16.7 Å². The van der Waals surface area contributed by atoms with Crippen molar-refractivity contribution in [2.45, 2.75) is 18.2 Å². The summed E-state index contributed by atoms with van der Waals surface area (Å²) in [5, 5.41) is 9.20. The van der Waals surface area contributed by atoms with Crippen LogP contribution in [0.2, 0.25) is 0 Å². The average Bonchev–Trinajstić information content (AvgIpc) is 2.35. The lowest BCUT2D eigenvalue weighted by molar-refractivity contribution is 0.0695.